The van der Waals surface area contributed by atoms with Gasteiger partial charge in [-0.1, -0.05) is 25.4 Å². The fourth-order valence-electron chi connectivity index (χ4n) is 4.87. The topological polar surface area (TPSA) is 79.4 Å². The molecule has 7 heteroatoms. The second-order valence-corrected chi connectivity index (χ2v) is 8.48. The summed E-state index contributed by atoms with van der Waals surface area (Å²) in [6.45, 7) is 1.91. The number of fused-ring (bicyclic) bond motifs is 3. The number of hydrogen-bond donors (Lipinski definition) is 1. The first kappa shape index (κ1) is 23.3. The standard InChI is InChI=1S/C22H21ClN6.C2H2.CH4/c1-13-6-15(9-24)10-27-21(13)25-5-4-20-26-11-17-18(23)12-29(22(17)28-20)19-8-14-2-3-16(19)7-14;1-2;/h4-6,10-12,14,16,19H,2-3,7-8H2,1H3,(H,25,27);1-2H;1H4/b5-4+;;. The monoisotopic (exact) mass is 446 g/mol. The van der Waals surface area contributed by atoms with Crippen molar-refractivity contribution in [2.75, 3.05) is 5.32 Å². The molecule has 0 aromatic carbocycles. The largest absolute Gasteiger partial charge is 0.346 e. The van der Waals surface area contributed by atoms with Crippen LogP contribution in [0, 0.1) is 42.9 Å². The molecule has 6 nitrogen and oxygen atoms in total. The highest BCUT2D eigenvalue weighted by Crippen LogP contribution is 2.51. The van der Waals surface area contributed by atoms with Gasteiger partial charge >= 0.3 is 0 Å². The molecule has 2 aliphatic rings. The van der Waals surface area contributed by atoms with Gasteiger partial charge in [-0.25, -0.2) is 15.0 Å². The van der Waals surface area contributed by atoms with Gasteiger partial charge in [-0.05, 0) is 55.7 Å². The number of rotatable bonds is 4. The van der Waals surface area contributed by atoms with Gasteiger partial charge in [0.05, 0.1) is 16.0 Å². The maximum atomic E-state index is 8.95. The third-order valence-corrected chi connectivity index (χ3v) is 6.56. The Hall–Kier alpha value is -3.35. The highest BCUT2D eigenvalue weighted by Gasteiger charge is 2.41. The van der Waals surface area contributed by atoms with Crippen LogP contribution < -0.4 is 5.32 Å². The van der Waals surface area contributed by atoms with Crippen molar-refractivity contribution >= 4 is 34.5 Å². The van der Waals surface area contributed by atoms with Crippen LogP contribution in [0.15, 0.2) is 30.9 Å². The Morgan fingerprint density at radius 3 is 2.72 bits per heavy atom. The maximum absolute atomic E-state index is 8.95. The minimum Gasteiger partial charge on any atom is -0.346 e. The van der Waals surface area contributed by atoms with Gasteiger partial charge in [0, 0.05) is 30.8 Å². The van der Waals surface area contributed by atoms with Crippen LogP contribution in [0.4, 0.5) is 5.82 Å². The van der Waals surface area contributed by atoms with E-state index in [-0.39, 0.29) is 7.43 Å². The molecule has 2 aliphatic carbocycles. The summed E-state index contributed by atoms with van der Waals surface area (Å²) >= 11 is 6.47. The van der Waals surface area contributed by atoms with E-state index in [0.717, 1.165) is 28.4 Å². The summed E-state index contributed by atoms with van der Waals surface area (Å²) in [4.78, 5) is 13.5. The molecule has 3 unspecified atom stereocenters. The van der Waals surface area contributed by atoms with Crippen LogP contribution in [0.2, 0.25) is 5.02 Å². The van der Waals surface area contributed by atoms with Crippen LogP contribution >= 0.6 is 11.6 Å². The van der Waals surface area contributed by atoms with Crippen molar-refractivity contribution in [3.63, 3.8) is 0 Å². The number of halogens is 1. The second kappa shape index (κ2) is 9.85. The van der Waals surface area contributed by atoms with Crippen LogP contribution in [0.1, 0.15) is 56.1 Å². The van der Waals surface area contributed by atoms with Gasteiger partial charge in [-0.15, -0.1) is 12.8 Å². The molecule has 5 rings (SSSR count). The lowest BCUT2D eigenvalue weighted by Gasteiger charge is -2.23. The maximum Gasteiger partial charge on any atom is 0.155 e. The second-order valence-electron chi connectivity index (χ2n) is 8.07. The first-order valence-corrected chi connectivity index (χ1v) is 10.7. The van der Waals surface area contributed by atoms with E-state index in [9.17, 15) is 0 Å². The fourth-order valence-corrected chi connectivity index (χ4v) is 5.11. The van der Waals surface area contributed by atoms with Crippen molar-refractivity contribution in [1.82, 2.24) is 19.5 Å². The zero-order chi connectivity index (χ0) is 22.0. The molecular formula is C25H27ClN6. The third kappa shape index (κ3) is 4.33. The van der Waals surface area contributed by atoms with Crippen LogP contribution in [0.3, 0.4) is 0 Å². The average Bonchev–Trinajstić information content (AvgIpc) is 3.51. The predicted octanol–water partition coefficient (Wildman–Crippen LogP) is 5.99. The lowest BCUT2D eigenvalue weighted by atomic mass is 9.95. The zero-order valence-electron chi connectivity index (χ0n) is 17.3. The molecule has 0 aliphatic heterocycles. The van der Waals surface area contributed by atoms with E-state index in [1.165, 1.54) is 25.7 Å². The predicted molar refractivity (Wildman–Crippen MR) is 130 cm³/mol. The Bertz CT molecular complexity index is 1200. The fraction of sp³-hybridized carbons (Fsp3) is 0.360. The molecule has 0 radical (unpaired) electrons. The van der Waals surface area contributed by atoms with Gasteiger partial charge in [-0.2, -0.15) is 5.26 Å². The lowest BCUT2D eigenvalue weighted by Crippen LogP contribution is -2.15. The molecule has 0 spiro atoms. The summed E-state index contributed by atoms with van der Waals surface area (Å²) in [6.07, 6.45) is 22.2. The third-order valence-electron chi connectivity index (χ3n) is 6.26. The molecule has 164 valence electrons. The average molecular weight is 447 g/mol. The van der Waals surface area contributed by atoms with Crippen LogP contribution in [0.5, 0.6) is 0 Å². The van der Waals surface area contributed by atoms with E-state index in [2.05, 4.69) is 38.8 Å². The van der Waals surface area contributed by atoms with Crippen molar-refractivity contribution in [3.8, 4) is 18.9 Å². The number of terminal acetylenes is 1. The number of nitriles is 1. The molecular weight excluding hydrogens is 420 g/mol. The van der Waals surface area contributed by atoms with E-state index in [4.69, 9.17) is 21.8 Å². The number of nitrogens with zero attached hydrogens (tertiary/aromatic N) is 5. The summed E-state index contributed by atoms with van der Waals surface area (Å²) in [7, 11) is 0. The molecule has 32 heavy (non-hydrogen) atoms. The number of anilines is 1. The smallest absolute Gasteiger partial charge is 0.155 e. The Balaban J connectivity index is 0.000000938. The van der Waals surface area contributed by atoms with E-state index >= 15 is 0 Å². The summed E-state index contributed by atoms with van der Waals surface area (Å²) in [5, 5.41) is 13.7. The highest BCUT2D eigenvalue weighted by atomic mass is 35.5. The molecule has 2 bridgehead atoms. The molecule has 2 fully saturated rings. The van der Waals surface area contributed by atoms with E-state index < -0.39 is 0 Å². The summed E-state index contributed by atoms with van der Waals surface area (Å²) in [5.74, 6) is 2.92. The van der Waals surface area contributed by atoms with Crippen LogP contribution in [-0.4, -0.2) is 19.5 Å². The molecule has 0 amide bonds. The number of aromatic nitrogens is 4. The van der Waals surface area contributed by atoms with E-state index in [0.29, 0.717) is 28.3 Å². The molecule has 3 aromatic heterocycles. The van der Waals surface area contributed by atoms with Gasteiger partial charge < -0.3 is 9.88 Å². The number of pyridine rings is 1. The summed E-state index contributed by atoms with van der Waals surface area (Å²) < 4.78 is 2.28. The first-order valence-electron chi connectivity index (χ1n) is 10.3. The Morgan fingerprint density at radius 1 is 1.25 bits per heavy atom. The van der Waals surface area contributed by atoms with Gasteiger partial charge in [-0.3, -0.25) is 0 Å². The first-order chi connectivity index (χ1) is 15.1. The zero-order valence-corrected chi connectivity index (χ0v) is 18.0. The Kier molecular flexibility index (Phi) is 7.18. The van der Waals surface area contributed by atoms with Crippen molar-refractivity contribution in [2.45, 2.75) is 46.1 Å². The van der Waals surface area contributed by atoms with Gasteiger partial charge in [0.15, 0.2) is 5.82 Å². The van der Waals surface area contributed by atoms with Gasteiger partial charge in [0.1, 0.15) is 17.5 Å². The van der Waals surface area contributed by atoms with Crippen LogP contribution in [-0.2, 0) is 0 Å². The highest BCUT2D eigenvalue weighted by molar-refractivity contribution is 6.35. The summed E-state index contributed by atoms with van der Waals surface area (Å²) in [5.41, 5.74) is 2.36. The van der Waals surface area contributed by atoms with Gasteiger partial charge in [0.25, 0.3) is 0 Å². The van der Waals surface area contributed by atoms with E-state index in [1.54, 1.807) is 24.7 Å². The Morgan fingerprint density at radius 2 is 2.06 bits per heavy atom. The normalized spacial score (nSPS) is 21.0. The minimum atomic E-state index is 0. The van der Waals surface area contributed by atoms with Crippen molar-refractivity contribution in [3.05, 3.63) is 52.8 Å². The van der Waals surface area contributed by atoms with Crippen molar-refractivity contribution < 1.29 is 0 Å². The molecule has 0 saturated heterocycles. The van der Waals surface area contributed by atoms with Crippen molar-refractivity contribution in [2.24, 2.45) is 11.8 Å². The molecule has 3 aromatic rings. The van der Waals surface area contributed by atoms with Crippen LogP contribution in [0.25, 0.3) is 17.1 Å². The number of hydrogen-bond acceptors (Lipinski definition) is 5. The molecule has 3 atom stereocenters. The summed E-state index contributed by atoms with van der Waals surface area (Å²) in [6, 6.07) is 4.39. The number of aryl methyl sites for hydroxylation is 1. The van der Waals surface area contributed by atoms with E-state index in [1.807, 2.05) is 19.2 Å². The molecule has 3 heterocycles. The van der Waals surface area contributed by atoms with Gasteiger partial charge in [0.2, 0.25) is 0 Å². The Labute approximate surface area is 194 Å². The quantitative estimate of drug-likeness (QED) is 0.498. The number of nitrogens with one attached hydrogen (secondary N) is 1. The molecule has 2 saturated carbocycles. The molecule has 1 N–H and O–H groups in total. The minimum absolute atomic E-state index is 0. The SMILES string of the molecule is C.C#C.Cc1cc(C#N)cnc1N/C=C/c1ncc2c(Cl)cn(C3CC4CCC3C4)c2n1. The lowest BCUT2D eigenvalue weighted by molar-refractivity contribution is 0.336. The van der Waals surface area contributed by atoms with Crippen molar-refractivity contribution in [1.29, 1.82) is 5.26 Å².